The van der Waals surface area contributed by atoms with E-state index in [1.807, 2.05) is 25.7 Å². The average Bonchev–Trinajstić information content (AvgIpc) is 3.47. The first-order chi connectivity index (χ1) is 17.0. The average molecular weight is 526 g/mol. The Hall–Kier alpha value is -2.40. The van der Waals surface area contributed by atoms with Crippen molar-refractivity contribution in [3.8, 4) is 0 Å². The maximum atomic E-state index is 14.7. The van der Waals surface area contributed by atoms with Crippen molar-refractivity contribution in [1.82, 2.24) is 9.88 Å². The Bertz CT molecular complexity index is 1150. The van der Waals surface area contributed by atoms with E-state index < -0.39 is 17.6 Å². The molecule has 2 unspecified atom stereocenters. The molecule has 1 aromatic heterocycles. The third-order valence-electron chi connectivity index (χ3n) is 7.05. The second-order valence-electron chi connectivity index (χ2n) is 9.79. The zero-order valence-electron chi connectivity index (χ0n) is 20.9. The Morgan fingerprint density at radius 3 is 2.72 bits per heavy atom. The van der Waals surface area contributed by atoms with E-state index in [9.17, 15) is 17.6 Å². The van der Waals surface area contributed by atoms with Crippen LogP contribution in [0.4, 0.5) is 23.2 Å². The van der Waals surface area contributed by atoms with Crippen molar-refractivity contribution >= 4 is 28.2 Å². The predicted octanol–water partition coefficient (Wildman–Crippen LogP) is 6.01. The van der Waals surface area contributed by atoms with Crippen LogP contribution in [0.2, 0.25) is 0 Å². The summed E-state index contributed by atoms with van der Waals surface area (Å²) in [7, 11) is 0. The van der Waals surface area contributed by atoms with Gasteiger partial charge in [-0.15, -0.1) is 16.9 Å². The van der Waals surface area contributed by atoms with Gasteiger partial charge in [0.25, 0.3) is 0 Å². The number of oxazole rings is 1. The number of fused-ring (bicyclic) bond motifs is 1. The van der Waals surface area contributed by atoms with E-state index in [-0.39, 0.29) is 17.1 Å². The molecular weight excluding hydrogens is 494 g/mol. The zero-order chi connectivity index (χ0) is 26.1. The number of thioether (sulfide) groups is 1. The monoisotopic (exact) mass is 525 g/mol. The molecule has 0 aliphatic carbocycles. The Kier molecular flexibility index (Phi) is 7.80. The molecule has 4 rings (SSSR count). The van der Waals surface area contributed by atoms with Crippen molar-refractivity contribution < 1.29 is 22.0 Å². The molecule has 36 heavy (non-hydrogen) atoms. The van der Waals surface area contributed by atoms with Gasteiger partial charge in [-0.05, 0) is 58.4 Å². The minimum atomic E-state index is -4.55. The number of alkyl halides is 3. The van der Waals surface area contributed by atoms with E-state index in [0.29, 0.717) is 24.1 Å². The van der Waals surface area contributed by atoms with Gasteiger partial charge in [-0.2, -0.15) is 18.3 Å². The van der Waals surface area contributed by atoms with E-state index >= 15 is 0 Å². The lowest BCUT2D eigenvalue weighted by atomic mass is 9.85. The first-order valence-electron chi connectivity index (χ1n) is 12.0. The highest BCUT2D eigenvalue weighted by molar-refractivity contribution is 8.13. The Morgan fingerprint density at radius 2 is 2.06 bits per heavy atom. The fourth-order valence-electron chi connectivity index (χ4n) is 5.15. The van der Waals surface area contributed by atoms with Gasteiger partial charge in [0.15, 0.2) is 12.2 Å². The van der Waals surface area contributed by atoms with Crippen molar-refractivity contribution in [1.29, 1.82) is 0 Å². The molecule has 1 aromatic carbocycles. The van der Waals surface area contributed by atoms with Gasteiger partial charge in [0, 0.05) is 36.8 Å². The molecule has 0 spiro atoms. The number of hydrogen-bond donors (Lipinski definition) is 0. The highest BCUT2D eigenvalue weighted by Crippen LogP contribution is 2.45. The zero-order valence-corrected chi connectivity index (χ0v) is 21.7. The Morgan fingerprint density at radius 1 is 1.28 bits per heavy atom. The first kappa shape index (κ1) is 26.7. The number of aromatic nitrogens is 1. The van der Waals surface area contributed by atoms with Crippen LogP contribution in [0, 0.1) is 18.2 Å². The van der Waals surface area contributed by atoms with Crippen molar-refractivity contribution in [2.24, 2.45) is 15.6 Å². The summed E-state index contributed by atoms with van der Waals surface area (Å²) >= 11 is 1.64. The van der Waals surface area contributed by atoms with Crippen LogP contribution in [0.3, 0.4) is 0 Å². The van der Waals surface area contributed by atoms with Crippen molar-refractivity contribution in [3.63, 3.8) is 0 Å². The lowest BCUT2D eigenvalue weighted by molar-refractivity contribution is -0.137. The molecule has 0 saturated carbocycles. The molecule has 0 bridgehead atoms. The van der Waals surface area contributed by atoms with Crippen LogP contribution >= 0.6 is 11.8 Å². The molecule has 2 aromatic rings. The number of nitrogens with zero attached hydrogens (tertiary/aromatic N) is 5. The largest absolute Gasteiger partial charge is 0.442 e. The van der Waals surface area contributed by atoms with E-state index in [1.165, 1.54) is 12.5 Å². The lowest BCUT2D eigenvalue weighted by Gasteiger charge is -2.30. The third kappa shape index (κ3) is 5.77. The molecule has 2 saturated heterocycles. The molecule has 2 aliphatic heterocycles. The molecular formula is C25H31F4N5OS. The van der Waals surface area contributed by atoms with Crippen molar-refractivity contribution in [2.75, 3.05) is 36.8 Å². The molecule has 2 aliphatic rings. The van der Waals surface area contributed by atoms with Gasteiger partial charge < -0.3 is 14.2 Å². The maximum absolute atomic E-state index is 14.7. The predicted molar refractivity (Wildman–Crippen MR) is 135 cm³/mol. The number of hydrogen-bond acceptors (Lipinski definition) is 7. The summed E-state index contributed by atoms with van der Waals surface area (Å²) in [6.07, 6.45) is -1.32. The quantitative estimate of drug-likeness (QED) is 0.146. The first-order valence-corrected chi connectivity index (χ1v) is 12.9. The summed E-state index contributed by atoms with van der Waals surface area (Å²) in [4.78, 5) is 8.39. The molecule has 0 N–H and O–H groups in total. The van der Waals surface area contributed by atoms with Crippen LogP contribution in [0.5, 0.6) is 0 Å². The summed E-state index contributed by atoms with van der Waals surface area (Å²) in [6.45, 7) is 11.0. The van der Waals surface area contributed by atoms with Crippen LogP contribution < -0.4 is 4.90 Å². The van der Waals surface area contributed by atoms with E-state index in [1.54, 1.807) is 11.8 Å². The second-order valence-corrected chi connectivity index (χ2v) is 11.1. The number of likely N-dealkylation sites (tertiary alicyclic amines) is 1. The van der Waals surface area contributed by atoms with Crippen molar-refractivity contribution in [3.05, 3.63) is 47.4 Å². The molecule has 0 amide bonds. The van der Waals surface area contributed by atoms with Crippen LogP contribution in [-0.2, 0) is 6.18 Å². The fourth-order valence-corrected chi connectivity index (χ4v) is 5.82. The van der Waals surface area contributed by atoms with E-state index in [4.69, 9.17) is 4.42 Å². The topological polar surface area (TPSA) is 57.2 Å². The lowest BCUT2D eigenvalue weighted by Crippen LogP contribution is -2.38. The van der Waals surface area contributed by atoms with Gasteiger partial charge in [0.2, 0.25) is 0 Å². The molecule has 3 heterocycles. The summed E-state index contributed by atoms with van der Waals surface area (Å²) in [5.41, 5.74) is 0.753. The summed E-state index contributed by atoms with van der Waals surface area (Å²) < 4.78 is 58.8. The molecule has 0 radical (unpaired) electrons. The number of halogens is 4. The van der Waals surface area contributed by atoms with E-state index in [0.717, 1.165) is 55.0 Å². The van der Waals surface area contributed by atoms with Crippen LogP contribution in [0.25, 0.3) is 0 Å². The van der Waals surface area contributed by atoms with Gasteiger partial charge in [-0.1, -0.05) is 6.92 Å². The Balaban J connectivity index is 1.29. The van der Waals surface area contributed by atoms with Crippen LogP contribution in [-0.4, -0.2) is 58.6 Å². The van der Waals surface area contributed by atoms with Crippen molar-refractivity contribution in [2.45, 2.75) is 52.8 Å². The smallest absolute Gasteiger partial charge is 0.416 e. The normalized spacial score (nSPS) is 23.6. The molecule has 6 nitrogen and oxygen atoms in total. The second kappa shape index (κ2) is 10.5. The third-order valence-corrected chi connectivity index (χ3v) is 8.04. The van der Waals surface area contributed by atoms with E-state index in [2.05, 4.69) is 27.0 Å². The molecule has 2 atom stereocenters. The summed E-state index contributed by atoms with van der Waals surface area (Å²) in [5, 5.41) is 9.37. The highest BCUT2D eigenvalue weighted by atomic mass is 32.2. The van der Waals surface area contributed by atoms with Gasteiger partial charge in [-0.25, -0.2) is 9.37 Å². The molecule has 2 fully saturated rings. The SMILES string of the molecule is C/C(=N\N=C(/C)c1ocnc1C)SCCCN1CC2N(c3ccc(C(F)(F)F)cc3F)CCC2(C)C1. The number of anilines is 1. The molecule has 11 heteroatoms. The summed E-state index contributed by atoms with van der Waals surface area (Å²) in [5.74, 6) is 0.713. The number of aryl methyl sites for hydroxylation is 1. The van der Waals surface area contributed by atoms with Gasteiger partial charge in [-0.3, -0.25) is 0 Å². The minimum Gasteiger partial charge on any atom is -0.442 e. The number of rotatable bonds is 7. The van der Waals surface area contributed by atoms with Gasteiger partial charge in [0.05, 0.1) is 22.0 Å². The molecule has 196 valence electrons. The minimum absolute atomic E-state index is 0.00919. The fraction of sp³-hybridized carbons (Fsp3) is 0.560. The van der Waals surface area contributed by atoms with Gasteiger partial charge >= 0.3 is 6.18 Å². The number of benzene rings is 1. The maximum Gasteiger partial charge on any atom is 0.416 e. The highest BCUT2D eigenvalue weighted by Gasteiger charge is 2.50. The Labute approximate surface area is 212 Å². The van der Waals surface area contributed by atoms with Gasteiger partial charge in [0.1, 0.15) is 11.5 Å². The summed E-state index contributed by atoms with van der Waals surface area (Å²) in [6, 6.07) is 2.94. The standard InChI is InChI=1S/C25H31F4N5OS/c1-16-23(35-15-30-16)17(2)31-32-18(3)36-11-5-9-33-13-22-24(4,14-33)8-10-34(22)21-7-6-19(12-20(21)26)25(27,28)29/h6-7,12,15,22H,5,8-11,13-14H2,1-4H3/b31-17+,32-18+. The van der Waals surface area contributed by atoms with Crippen LogP contribution in [0.15, 0.2) is 39.2 Å². The van der Waals surface area contributed by atoms with Crippen LogP contribution in [0.1, 0.15) is 50.6 Å².